The molecule has 0 saturated carbocycles. The van der Waals surface area contributed by atoms with Crippen molar-refractivity contribution in [3.63, 3.8) is 0 Å². The van der Waals surface area contributed by atoms with E-state index in [9.17, 15) is 9.59 Å². The van der Waals surface area contributed by atoms with Crippen molar-refractivity contribution in [1.29, 1.82) is 0 Å². The van der Waals surface area contributed by atoms with Gasteiger partial charge in [-0.25, -0.2) is 4.79 Å². The Morgan fingerprint density at radius 2 is 2.06 bits per heavy atom. The van der Waals surface area contributed by atoms with E-state index in [1.54, 1.807) is 4.90 Å². The number of rotatable bonds is 4. The van der Waals surface area contributed by atoms with E-state index in [1.165, 1.54) is 0 Å². The summed E-state index contributed by atoms with van der Waals surface area (Å²) in [5.41, 5.74) is 0. The molecular formula is C13H24N2O3. The van der Waals surface area contributed by atoms with Crippen LogP contribution in [-0.4, -0.2) is 52.1 Å². The quantitative estimate of drug-likeness (QED) is 0.837. The number of carbonyl (C=O) groups excluding carboxylic acids is 1. The summed E-state index contributed by atoms with van der Waals surface area (Å²) in [6.07, 6.45) is 1.47. The van der Waals surface area contributed by atoms with Crippen LogP contribution in [0.5, 0.6) is 0 Å². The second-order valence-corrected chi connectivity index (χ2v) is 5.24. The van der Waals surface area contributed by atoms with Gasteiger partial charge in [0.25, 0.3) is 0 Å². The summed E-state index contributed by atoms with van der Waals surface area (Å²) < 4.78 is 0. The fourth-order valence-corrected chi connectivity index (χ4v) is 2.52. The lowest BCUT2D eigenvalue weighted by atomic mass is 10.0. The van der Waals surface area contributed by atoms with Gasteiger partial charge in [0.1, 0.15) is 0 Å². The van der Waals surface area contributed by atoms with Crippen LogP contribution >= 0.6 is 0 Å². The van der Waals surface area contributed by atoms with Gasteiger partial charge in [0.15, 0.2) is 0 Å². The average molecular weight is 256 g/mol. The largest absolute Gasteiger partial charge is 0.481 e. The van der Waals surface area contributed by atoms with E-state index in [4.69, 9.17) is 5.11 Å². The lowest BCUT2D eigenvalue weighted by Gasteiger charge is -2.33. The van der Waals surface area contributed by atoms with Crippen molar-refractivity contribution in [2.45, 2.75) is 52.6 Å². The highest BCUT2D eigenvalue weighted by atomic mass is 16.4. The molecule has 0 bridgehead atoms. The molecule has 0 aromatic carbocycles. The zero-order valence-corrected chi connectivity index (χ0v) is 11.7. The predicted octanol–water partition coefficient (Wildman–Crippen LogP) is 2.02. The molecule has 0 aliphatic carbocycles. The van der Waals surface area contributed by atoms with E-state index >= 15 is 0 Å². The summed E-state index contributed by atoms with van der Waals surface area (Å²) in [6.45, 7) is 9.11. The number of hydrogen-bond acceptors (Lipinski definition) is 2. The highest BCUT2D eigenvalue weighted by Gasteiger charge is 2.39. The maximum absolute atomic E-state index is 12.4. The highest BCUT2D eigenvalue weighted by molar-refractivity contribution is 5.78. The number of carbonyl (C=O) groups is 2. The third-order valence-corrected chi connectivity index (χ3v) is 3.65. The van der Waals surface area contributed by atoms with Crippen LogP contribution in [0.1, 0.15) is 40.5 Å². The maximum Gasteiger partial charge on any atom is 0.320 e. The normalized spacial score (nSPS) is 23.5. The first-order chi connectivity index (χ1) is 8.40. The van der Waals surface area contributed by atoms with E-state index in [-0.39, 0.29) is 18.1 Å². The van der Waals surface area contributed by atoms with Gasteiger partial charge >= 0.3 is 12.0 Å². The first-order valence-corrected chi connectivity index (χ1v) is 6.70. The summed E-state index contributed by atoms with van der Waals surface area (Å²) in [7, 11) is 0. The molecule has 2 unspecified atom stereocenters. The lowest BCUT2D eigenvalue weighted by molar-refractivity contribution is -0.142. The van der Waals surface area contributed by atoms with Crippen molar-refractivity contribution in [3.8, 4) is 0 Å². The molecule has 1 aliphatic heterocycles. The SMILES string of the molecule is CCCN(C(=O)N1CCC(C(=O)O)C1C)C(C)C. The van der Waals surface area contributed by atoms with E-state index in [2.05, 4.69) is 0 Å². The monoisotopic (exact) mass is 256 g/mol. The van der Waals surface area contributed by atoms with Crippen LogP contribution in [-0.2, 0) is 4.79 Å². The highest BCUT2D eigenvalue weighted by Crippen LogP contribution is 2.26. The van der Waals surface area contributed by atoms with Gasteiger partial charge in [-0.3, -0.25) is 4.79 Å². The Morgan fingerprint density at radius 3 is 2.44 bits per heavy atom. The number of amides is 2. The molecule has 1 heterocycles. The van der Waals surface area contributed by atoms with Crippen molar-refractivity contribution in [3.05, 3.63) is 0 Å². The van der Waals surface area contributed by atoms with E-state index < -0.39 is 11.9 Å². The number of carboxylic acid groups (broad SMARTS) is 1. The Morgan fingerprint density at radius 1 is 1.44 bits per heavy atom. The minimum Gasteiger partial charge on any atom is -0.481 e. The standard InChI is InChI=1S/C13H24N2O3/c1-5-7-14(9(2)3)13(18)15-8-6-11(10(15)4)12(16)17/h9-11H,5-8H2,1-4H3,(H,16,17). The number of likely N-dealkylation sites (tertiary alicyclic amines) is 1. The molecule has 1 rings (SSSR count). The van der Waals surface area contributed by atoms with E-state index in [1.807, 2.05) is 32.6 Å². The number of nitrogens with zero attached hydrogens (tertiary/aromatic N) is 2. The van der Waals surface area contributed by atoms with Crippen molar-refractivity contribution in [2.75, 3.05) is 13.1 Å². The van der Waals surface area contributed by atoms with Gasteiger partial charge in [-0.05, 0) is 33.6 Å². The summed E-state index contributed by atoms with van der Waals surface area (Å²) >= 11 is 0. The Hall–Kier alpha value is -1.26. The number of aliphatic carboxylic acids is 1. The molecule has 0 spiro atoms. The van der Waals surface area contributed by atoms with E-state index in [0.29, 0.717) is 13.0 Å². The lowest BCUT2D eigenvalue weighted by Crippen LogP contribution is -2.49. The molecule has 2 amide bonds. The Balaban J connectivity index is 2.75. The molecule has 1 aliphatic rings. The van der Waals surface area contributed by atoms with Crippen molar-refractivity contribution < 1.29 is 14.7 Å². The van der Waals surface area contributed by atoms with Gasteiger partial charge in [0.05, 0.1) is 5.92 Å². The van der Waals surface area contributed by atoms with Crippen LogP contribution in [0.3, 0.4) is 0 Å². The molecule has 104 valence electrons. The molecule has 5 heteroatoms. The molecule has 18 heavy (non-hydrogen) atoms. The van der Waals surface area contributed by atoms with Gasteiger partial charge in [0.2, 0.25) is 0 Å². The molecule has 1 saturated heterocycles. The van der Waals surface area contributed by atoms with Crippen molar-refractivity contribution >= 4 is 12.0 Å². The third kappa shape index (κ3) is 2.94. The minimum atomic E-state index is -0.801. The van der Waals surface area contributed by atoms with E-state index in [0.717, 1.165) is 13.0 Å². The second kappa shape index (κ2) is 6.07. The number of urea groups is 1. The summed E-state index contributed by atoms with van der Waals surface area (Å²) in [5.74, 6) is -1.23. The Labute approximate surface area is 109 Å². The van der Waals surface area contributed by atoms with Gasteiger partial charge in [0, 0.05) is 25.2 Å². The average Bonchev–Trinajstić information content (AvgIpc) is 2.66. The zero-order chi connectivity index (χ0) is 13.9. The van der Waals surface area contributed by atoms with Crippen molar-refractivity contribution in [2.24, 2.45) is 5.92 Å². The third-order valence-electron chi connectivity index (χ3n) is 3.65. The van der Waals surface area contributed by atoms with Crippen LogP contribution in [0, 0.1) is 5.92 Å². The second-order valence-electron chi connectivity index (χ2n) is 5.24. The predicted molar refractivity (Wildman–Crippen MR) is 69.4 cm³/mol. The van der Waals surface area contributed by atoms with Gasteiger partial charge in [-0.1, -0.05) is 6.92 Å². The fourth-order valence-electron chi connectivity index (χ4n) is 2.52. The molecule has 5 nitrogen and oxygen atoms in total. The molecular weight excluding hydrogens is 232 g/mol. The van der Waals surface area contributed by atoms with Crippen LogP contribution in [0.4, 0.5) is 4.79 Å². The minimum absolute atomic E-state index is 0.0249. The van der Waals surface area contributed by atoms with Crippen LogP contribution < -0.4 is 0 Å². The van der Waals surface area contributed by atoms with Crippen molar-refractivity contribution in [1.82, 2.24) is 9.80 Å². The fraction of sp³-hybridized carbons (Fsp3) is 0.846. The maximum atomic E-state index is 12.4. The first-order valence-electron chi connectivity index (χ1n) is 6.70. The number of carboxylic acids is 1. The smallest absolute Gasteiger partial charge is 0.320 e. The summed E-state index contributed by atoms with van der Waals surface area (Å²) in [5, 5.41) is 9.08. The molecule has 1 N–H and O–H groups in total. The molecule has 1 fully saturated rings. The van der Waals surface area contributed by atoms with Crippen LogP contribution in [0.25, 0.3) is 0 Å². The van der Waals surface area contributed by atoms with Crippen LogP contribution in [0.15, 0.2) is 0 Å². The van der Waals surface area contributed by atoms with Gasteiger partial charge in [-0.15, -0.1) is 0 Å². The first kappa shape index (κ1) is 14.8. The zero-order valence-electron chi connectivity index (χ0n) is 11.7. The summed E-state index contributed by atoms with van der Waals surface area (Å²) in [4.78, 5) is 27.0. The van der Waals surface area contributed by atoms with Gasteiger partial charge in [-0.2, -0.15) is 0 Å². The topological polar surface area (TPSA) is 60.9 Å². The number of hydrogen-bond donors (Lipinski definition) is 1. The Bertz CT molecular complexity index is 317. The molecule has 2 atom stereocenters. The molecule has 0 radical (unpaired) electrons. The van der Waals surface area contributed by atoms with Gasteiger partial charge < -0.3 is 14.9 Å². The summed E-state index contributed by atoms with van der Waals surface area (Å²) in [6, 6.07) is -0.0928. The Kier molecular flexibility index (Phi) is 4.99. The molecule has 0 aromatic heterocycles. The van der Waals surface area contributed by atoms with Crippen LogP contribution in [0.2, 0.25) is 0 Å². The molecule has 0 aromatic rings.